The van der Waals surface area contributed by atoms with E-state index in [2.05, 4.69) is 46.9 Å². The number of aliphatic hydroxyl groups excluding tert-OH is 1. The third kappa shape index (κ3) is 9.46. The highest BCUT2D eigenvalue weighted by atomic mass is 16.3. The summed E-state index contributed by atoms with van der Waals surface area (Å²) in [6, 6.07) is 0. The molecule has 0 spiro atoms. The first-order valence-corrected chi connectivity index (χ1v) is 6.94. The molecule has 0 aromatic rings. The van der Waals surface area contributed by atoms with Gasteiger partial charge in [-0.05, 0) is 30.1 Å². The molecule has 3 heteroatoms. The first kappa shape index (κ1) is 17.4. The average molecular weight is 257 g/mol. The van der Waals surface area contributed by atoms with Crippen LogP contribution in [0.25, 0.3) is 0 Å². The van der Waals surface area contributed by atoms with Gasteiger partial charge in [0.25, 0.3) is 0 Å². The lowest BCUT2D eigenvalue weighted by Crippen LogP contribution is -2.35. The van der Waals surface area contributed by atoms with Crippen molar-refractivity contribution in [1.29, 1.82) is 0 Å². The molecule has 0 aliphatic rings. The Hall–Kier alpha value is -0.570. The number of aliphatic hydroxyl groups is 1. The largest absolute Gasteiger partial charge is 0.396 e. The summed E-state index contributed by atoms with van der Waals surface area (Å²) >= 11 is 0. The van der Waals surface area contributed by atoms with Gasteiger partial charge in [0.1, 0.15) is 0 Å². The minimum atomic E-state index is -0.278. The smallest absolute Gasteiger partial charge is 0.225 e. The molecule has 18 heavy (non-hydrogen) atoms. The van der Waals surface area contributed by atoms with Crippen molar-refractivity contribution in [2.45, 2.75) is 60.8 Å². The standard InChI is InChI=1S/C15H31NO2/c1-14(2,3)8-7-9-16-13(18)12(11-17)10-15(4,5)6/h12,17H,7-11H2,1-6H3,(H,16,18)/t12-/m1/s1. The maximum Gasteiger partial charge on any atom is 0.225 e. The van der Waals surface area contributed by atoms with Gasteiger partial charge < -0.3 is 10.4 Å². The van der Waals surface area contributed by atoms with Crippen molar-refractivity contribution >= 4 is 5.91 Å². The van der Waals surface area contributed by atoms with Crippen molar-refractivity contribution in [3.05, 3.63) is 0 Å². The summed E-state index contributed by atoms with van der Waals surface area (Å²) < 4.78 is 0. The van der Waals surface area contributed by atoms with Crippen LogP contribution < -0.4 is 5.32 Å². The zero-order chi connectivity index (χ0) is 14.4. The molecule has 3 nitrogen and oxygen atoms in total. The molecule has 0 aliphatic heterocycles. The van der Waals surface area contributed by atoms with E-state index in [1.165, 1.54) is 0 Å². The minimum Gasteiger partial charge on any atom is -0.396 e. The molecule has 0 heterocycles. The zero-order valence-corrected chi connectivity index (χ0v) is 13.0. The Bertz CT molecular complexity index is 248. The SMILES string of the molecule is CC(C)(C)CCCNC(=O)[C@@H](CO)CC(C)(C)C. The third-order valence-electron chi connectivity index (χ3n) is 2.85. The van der Waals surface area contributed by atoms with Gasteiger partial charge in [0.15, 0.2) is 0 Å². The van der Waals surface area contributed by atoms with Gasteiger partial charge in [-0.15, -0.1) is 0 Å². The molecule has 0 aromatic carbocycles. The highest BCUT2D eigenvalue weighted by molar-refractivity contribution is 5.78. The fourth-order valence-corrected chi connectivity index (χ4v) is 1.95. The number of hydrogen-bond acceptors (Lipinski definition) is 2. The Balaban J connectivity index is 3.99. The number of amides is 1. The molecule has 0 aromatic heterocycles. The second-order valence-electron chi connectivity index (χ2n) is 7.60. The van der Waals surface area contributed by atoms with E-state index in [9.17, 15) is 9.90 Å². The number of rotatable bonds is 6. The molecule has 1 amide bonds. The van der Waals surface area contributed by atoms with E-state index in [0.717, 1.165) is 12.8 Å². The van der Waals surface area contributed by atoms with Crippen LogP contribution in [0.4, 0.5) is 0 Å². The van der Waals surface area contributed by atoms with Gasteiger partial charge in [0.05, 0.1) is 12.5 Å². The molecule has 0 saturated carbocycles. The van der Waals surface area contributed by atoms with E-state index in [-0.39, 0.29) is 23.8 Å². The van der Waals surface area contributed by atoms with Gasteiger partial charge in [-0.3, -0.25) is 4.79 Å². The highest BCUT2D eigenvalue weighted by Crippen LogP contribution is 2.24. The number of carbonyl (C=O) groups excluding carboxylic acids is 1. The molecule has 0 aliphatic carbocycles. The number of carbonyl (C=O) groups is 1. The molecule has 0 bridgehead atoms. The van der Waals surface area contributed by atoms with Crippen molar-refractivity contribution in [2.24, 2.45) is 16.7 Å². The highest BCUT2D eigenvalue weighted by Gasteiger charge is 2.24. The Morgan fingerprint density at radius 1 is 1.11 bits per heavy atom. The fraction of sp³-hybridized carbons (Fsp3) is 0.933. The molecule has 1 atom stereocenters. The number of hydrogen-bond donors (Lipinski definition) is 2. The Morgan fingerprint density at radius 2 is 1.67 bits per heavy atom. The molecular weight excluding hydrogens is 226 g/mol. The van der Waals surface area contributed by atoms with Crippen LogP contribution in [0.1, 0.15) is 60.8 Å². The molecule has 0 unspecified atom stereocenters. The molecule has 0 rings (SSSR count). The summed E-state index contributed by atoms with van der Waals surface area (Å²) in [5.74, 6) is -0.291. The Kier molecular flexibility index (Phi) is 6.90. The van der Waals surface area contributed by atoms with Crippen molar-refractivity contribution in [3.63, 3.8) is 0 Å². The van der Waals surface area contributed by atoms with Crippen LogP contribution >= 0.6 is 0 Å². The summed E-state index contributed by atoms with van der Waals surface area (Å²) in [6.07, 6.45) is 2.80. The first-order valence-electron chi connectivity index (χ1n) is 6.94. The lowest BCUT2D eigenvalue weighted by molar-refractivity contribution is -0.127. The number of nitrogens with one attached hydrogen (secondary N) is 1. The van der Waals surface area contributed by atoms with E-state index in [1.807, 2.05) is 0 Å². The van der Waals surface area contributed by atoms with E-state index < -0.39 is 0 Å². The topological polar surface area (TPSA) is 49.3 Å². The van der Waals surface area contributed by atoms with Gasteiger partial charge >= 0.3 is 0 Å². The molecule has 0 radical (unpaired) electrons. The quantitative estimate of drug-likeness (QED) is 0.719. The molecular formula is C15H31NO2. The zero-order valence-electron chi connectivity index (χ0n) is 13.0. The average Bonchev–Trinajstić information content (AvgIpc) is 2.18. The van der Waals surface area contributed by atoms with Gasteiger partial charge in [0.2, 0.25) is 5.91 Å². The van der Waals surface area contributed by atoms with Crippen molar-refractivity contribution in [1.82, 2.24) is 5.32 Å². The van der Waals surface area contributed by atoms with Crippen LogP contribution in [0.15, 0.2) is 0 Å². The van der Waals surface area contributed by atoms with Crippen LogP contribution in [0, 0.1) is 16.7 Å². The predicted octanol–water partition coefficient (Wildman–Crippen LogP) is 2.97. The predicted molar refractivity (Wildman–Crippen MR) is 76.3 cm³/mol. The van der Waals surface area contributed by atoms with Crippen molar-refractivity contribution < 1.29 is 9.90 Å². The molecule has 2 N–H and O–H groups in total. The Morgan fingerprint density at radius 3 is 2.06 bits per heavy atom. The van der Waals surface area contributed by atoms with Crippen molar-refractivity contribution in [3.8, 4) is 0 Å². The lowest BCUT2D eigenvalue weighted by atomic mass is 9.84. The third-order valence-corrected chi connectivity index (χ3v) is 2.85. The van der Waals surface area contributed by atoms with Crippen LogP contribution in [0.3, 0.4) is 0 Å². The van der Waals surface area contributed by atoms with Gasteiger partial charge in [-0.25, -0.2) is 0 Å². The second-order valence-corrected chi connectivity index (χ2v) is 7.60. The van der Waals surface area contributed by atoms with Crippen molar-refractivity contribution in [2.75, 3.05) is 13.2 Å². The van der Waals surface area contributed by atoms with Crippen LogP contribution in [0.5, 0.6) is 0 Å². The van der Waals surface area contributed by atoms with E-state index in [4.69, 9.17) is 0 Å². The maximum absolute atomic E-state index is 11.9. The monoisotopic (exact) mass is 257 g/mol. The summed E-state index contributed by atoms with van der Waals surface area (Å²) in [7, 11) is 0. The van der Waals surface area contributed by atoms with Crippen LogP contribution in [-0.4, -0.2) is 24.2 Å². The first-order chi connectivity index (χ1) is 8.05. The molecule has 108 valence electrons. The summed E-state index contributed by atoms with van der Waals surface area (Å²) in [5, 5.41) is 12.2. The normalized spacial score (nSPS) is 14.4. The van der Waals surface area contributed by atoms with E-state index >= 15 is 0 Å². The summed E-state index contributed by atoms with van der Waals surface area (Å²) in [5.41, 5.74) is 0.378. The van der Waals surface area contributed by atoms with Gasteiger partial charge in [-0.1, -0.05) is 41.5 Å². The Labute approximate surface area is 112 Å². The van der Waals surface area contributed by atoms with E-state index in [0.29, 0.717) is 18.4 Å². The summed E-state index contributed by atoms with van der Waals surface area (Å²) in [6.45, 7) is 13.5. The van der Waals surface area contributed by atoms with Crippen LogP contribution in [0.2, 0.25) is 0 Å². The van der Waals surface area contributed by atoms with Gasteiger partial charge in [-0.2, -0.15) is 0 Å². The molecule has 0 fully saturated rings. The fourth-order valence-electron chi connectivity index (χ4n) is 1.95. The van der Waals surface area contributed by atoms with Gasteiger partial charge in [0, 0.05) is 6.54 Å². The maximum atomic E-state index is 11.9. The lowest BCUT2D eigenvalue weighted by Gasteiger charge is -2.24. The molecule has 0 saturated heterocycles. The second kappa shape index (κ2) is 7.13. The summed E-state index contributed by atoms with van der Waals surface area (Å²) in [4.78, 5) is 11.9. The van der Waals surface area contributed by atoms with E-state index in [1.54, 1.807) is 0 Å². The van der Waals surface area contributed by atoms with Crippen LogP contribution in [-0.2, 0) is 4.79 Å². The minimum absolute atomic E-state index is 0.0127.